The van der Waals surface area contributed by atoms with E-state index in [4.69, 9.17) is 94.8 Å². The third-order valence-electron chi connectivity index (χ3n) is 24.1. The van der Waals surface area contributed by atoms with Gasteiger partial charge >= 0.3 is 0 Å². The number of hydrogen-bond acceptors (Lipinski definition) is 19. The van der Waals surface area contributed by atoms with Crippen molar-refractivity contribution in [3.05, 3.63) is 304 Å². The molecule has 27 heteroatoms. The number of halogens is 4. The molecule has 0 bridgehead atoms. The molecule has 23 nitrogen and oxygen atoms in total. The van der Waals surface area contributed by atoms with E-state index >= 15 is 0 Å². The Kier molecular flexibility index (Phi) is 31.3. The lowest BCUT2D eigenvalue weighted by Gasteiger charge is -2.24. The Morgan fingerprint density at radius 1 is 0.352 bits per heavy atom. The van der Waals surface area contributed by atoms with Gasteiger partial charge in [-0.2, -0.15) is 0 Å². The van der Waals surface area contributed by atoms with E-state index in [-0.39, 0.29) is 70.8 Å². The Balaban J connectivity index is 0.000000146. The molecule has 128 heavy (non-hydrogen) atoms. The maximum atomic E-state index is 13.6. The predicted octanol–water partition coefficient (Wildman–Crippen LogP) is 20.4. The lowest BCUT2D eigenvalue weighted by atomic mass is 10.1. The van der Waals surface area contributed by atoms with E-state index in [1.807, 2.05) is 206 Å². The van der Waals surface area contributed by atoms with Crippen LogP contribution in [0.5, 0.6) is 11.5 Å². The predicted molar refractivity (Wildman–Crippen MR) is 517 cm³/mol. The molecule has 4 N–H and O–H groups in total. The summed E-state index contributed by atoms with van der Waals surface area (Å²) < 4.78 is 41.4. The molecule has 4 aliphatic carbocycles. The van der Waals surface area contributed by atoms with Gasteiger partial charge < -0.3 is 54.6 Å². The number of aromatic nitrogens is 8. The van der Waals surface area contributed by atoms with Crippen molar-refractivity contribution in [3.8, 4) is 57.1 Å². The van der Waals surface area contributed by atoms with Crippen molar-refractivity contribution in [3.63, 3.8) is 0 Å². The number of hydrogen-bond donors (Lipinski definition) is 4. The molecule has 0 radical (unpaired) electrons. The van der Waals surface area contributed by atoms with E-state index < -0.39 is 0 Å². The van der Waals surface area contributed by atoms with Gasteiger partial charge in [0.25, 0.3) is 22.2 Å². The van der Waals surface area contributed by atoms with Crippen LogP contribution in [0.4, 0.5) is 28.4 Å². The molecule has 8 aromatic carbocycles. The molecule has 4 unspecified atom stereocenters. The summed E-state index contributed by atoms with van der Waals surface area (Å²) in [6, 6.07) is 55.0. The summed E-state index contributed by atoms with van der Waals surface area (Å²) in [7, 11) is 7.17. The Labute approximate surface area is 769 Å². The highest BCUT2D eigenvalue weighted by Crippen LogP contribution is 2.43. The van der Waals surface area contributed by atoms with E-state index in [1.165, 1.54) is 33.4 Å². The summed E-state index contributed by atoms with van der Waals surface area (Å²) in [5.41, 5.74) is 18.9. The smallest absolute Gasteiger partial charge is 0.277 e. The second kappa shape index (κ2) is 42.4. The summed E-state index contributed by atoms with van der Waals surface area (Å²) in [5, 5.41) is 16.0. The first-order chi connectivity index (χ1) is 61.7. The normalized spacial score (nSPS) is 17.3. The number of rotatable bonds is 27. The van der Waals surface area contributed by atoms with E-state index in [2.05, 4.69) is 69.8 Å². The molecule has 12 aromatic rings. The molecule has 4 heterocycles. The standard InChI is InChI=1S/C26H31ClN4O2.C26H31N3O3.C25H28ClN3O3.C24H25Cl2N3O2/c1-6-31-25(20-13-12-18(30(4)5)15-21(20)27)28-16(3)23(26(31)32)29-24-19-11-9-8-10-17(19)14-22(24)33-7-2;1-6-29-25(20-13-12-19(31-5)14-16(20)3)27-17(4)23(26(29)30)28-24-21-11-9-8-10-18(21)15-22(24)32-7-2;1-5-29-24(19-12-11-17(31-4)14-20(19)26)27-15(3)22(25(29)30)28-23-18-10-8-7-9-16(18)13-21(23)32-6-2;1-4-29-23(18-11-10-16(25)13-19(18)26)27-14(3)21(24(29)30)28-22-17-9-7-6-8-15(17)12-20(22)31-5-2/h8-13,15,22,24,29H,6-7,14H2,1-5H3;8-14,22,24,28H,6-7,15H2,1-5H3;7-12,14,21,23,28H,5-6,13H2,1-4H3;6-11,13,20,22,28H,4-5,12H2,1-3H3/t2*22-,24?;21-,23?;20-,22?/m0000/s1. The number of ether oxygens (including phenoxy) is 6. The van der Waals surface area contributed by atoms with Crippen LogP contribution in [-0.2, 0) is 70.8 Å². The number of fused-ring (bicyclic) bond motifs is 4. The fourth-order valence-electron chi connectivity index (χ4n) is 17.8. The molecule has 0 spiro atoms. The van der Waals surface area contributed by atoms with Crippen LogP contribution >= 0.6 is 46.4 Å². The number of nitrogens with zero attached hydrogens (tertiary/aromatic N) is 9. The van der Waals surface area contributed by atoms with Gasteiger partial charge in [0.1, 0.15) is 57.5 Å². The van der Waals surface area contributed by atoms with Crippen molar-refractivity contribution < 1.29 is 28.4 Å². The quantitative estimate of drug-likeness (QED) is 0.0374. The summed E-state index contributed by atoms with van der Waals surface area (Å²) in [4.78, 5) is 75.6. The first-order valence-corrected chi connectivity index (χ1v) is 45.5. The monoisotopic (exact) mass is 1810 g/mol. The molecule has 0 saturated heterocycles. The molecular weight excluding hydrogens is 1700 g/mol. The van der Waals surface area contributed by atoms with Crippen molar-refractivity contribution in [1.82, 2.24) is 38.2 Å². The summed E-state index contributed by atoms with van der Waals surface area (Å²) >= 11 is 25.6. The Hall–Kier alpha value is -11.1. The summed E-state index contributed by atoms with van der Waals surface area (Å²) in [6.45, 7) is 29.6. The lowest BCUT2D eigenvalue weighted by molar-refractivity contribution is 0.0572. The van der Waals surface area contributed by atoms with Crippen molar-refractivity contribution in [2.45, 2.75) is 190 Å². The minimum atomic E-state index is -0.129. The van der Waals surface area contributed by atoms with Crippen molar-refractivity contribution >= 4 is 74.8 Å². The number of benzene rings is 8. The van der Waals surface area contributed by atoms with Gasteiger partial charge in [-0.25, -0.2) is 19.9 Å². The minimum absolute atomic E-state index is 0.0187. The van der Waals surface area contributed by atoms with E-state index in [1.54, 1.807) is 56.8 Å². The number of nitrogens with one attached hydrogen (secondary N) is 4. The average molecular weight is 1810 g/mol. The zero-order chi connectivity index (χ0) is 91.5. The van der Waals surface area contributed by atoms with Crippen LogP contribution in [-0.4, -0.2) is 117 Å². The molecule has 0 saturated carbocycles. The van der Waals surface area contributed by atoms with Gasteiger partial charge in [0.2, 0.25) is 0 Å². The first-order valence-electron chi connectivity index (χ1n) is 44.0. The lowest BCUT2D eigenvalue weighted by Crippen LogP contribution is -2.32. The molecule has 16 rings (SSSR count). The molecule has 0 fully saturated rings. The molecule has 0 amide bonds. The van der Waals surface area contributed by atoms with E-state index in [9.17, 15) is 19.2 Å². The van der Waals surface area contributed by atoms with Crippen molar-refractivity contribution in [1.29, 1.82) is 0 Å². The first kappa shape index (κ1) is 94.5. The third kappa shape index (κ3) is 20.0. The van der Waals surface area contributed by atoms with Crippen LogP contribution in [0.15, 0.2) is 189 Å². The van der Waals surface area contributed by atoms with E-state index in [0.29, 0.717) is 158 Å². The highest BCUT2D eigenvalue weighted by molar-refractivity contribution is 6.36. The van der Waals surface area contributed by atoms with Gasteiger partial charge in [0.05, 0.1) is 101 Å². The fourth-order valence-corrected chi connectivity index (χ4v) is 18.8. The number of methoxy groups -OCH3 is 2. The molecular formula is C101H115Cl4N13O10. The molecule has 4 aromatic heterocycles. The van der Waals surface area contributed by atoms with Crippen LogP contribution in [0.1, 0.15) is 152 Å². The third-order valence-corrected chi connectivity index (χ3v) is 25.3. The topological polar surface area (TPSA) is 246 Å². The van der Waals surface area contributed by atoms with Crippen molar-refractivity contribution in [2.24, 2.45) is 0 Å². The minimum Gasteiger partial charge on any atom is -0.497 e. The van der Waals surface area contributed by atoms with Gasteiger partial charge in [0.15, 0.2) is 0 Å². The van der Waals surface area contributed by atoms with Crippen molar-refractivity contribution in [2.75, 3.05) is 80.9 Å². The Morgan fingerprint density at radius 2 is 0.625 bits per heavy atom. The number of anilines is 5. The summed E-state index contributed by atoms with van der Waals surface area (Å²) in [6.07, 6.45) is 3.15. The van der Waals surface area contributed by atoms with E-state index in [0.717, 1.165) is 64.9 Å². The zero-order valence-electron chi connectivity index (χ0n) is 75.9. The molecule has 4 aliphatic rings. The van der Waals surface area contributed by atoms with Crippen LogP contribution < -0.4 is 57.9 Å². The molecule has 672 valence electrons. The highest BCUT2D eigenvalue weighted by Gasteiger charge is 2.39. The largest absolute Gasteiger partial charge is 0.497 e. The van der Waals surface area contributed by atoms with Gasteiger partial charge in [-0.05, 0) is 213 Å². The maximum absolute atomic E-state index is 13.6. The highest BCUT2D eigenvalue weighted by atomic mass is 35.5. The zero-order valence-corrected chi connectivity index (χ0v) is 78.9. The second-order valence-electron chi connectivity index (χ2n) is 32.1. The fraction of sp³-hybridized carbons (Fsp3) is 0.366. The van der Waals surface area contributed by atoms with Gasteiger partial charge in [-0.3, -0.25) is 37.4 Å². The van der Waals surface area contributed by atoms with Crippen LogP contribution in [0, 0.1) is 34.6 Å². The van der Waals surface area contributed by atoms with Crippen LogP contribution in [0.2, 0.25) is 20.1 Å². The van der Waals surface area contributed by atoms with Crippen LogP contribution in [0.3, 0.4) is 0 Å². The number of aryl methyl sites for hydroxylation is 5. The maximum Gasteiger partial charge on any atom is 0.277 e. The summed E-state index contributed by atoms with van der Waals surface area (Å²) in [5.74, 6) is 3.77. The SMILES string of the molecule is CCO[C@H]1Cc2ccccc2C1Nc1c(C)nc(-c2ccc(Cl)cc2Cl)n(CC)c1=O.CCO[C@H]1Cc2ccccc2C1Nc1c(C)nc(-c2ccc(N(C)C)cc2Cl)n(CC)c1=O.CCO[C@H]1Cc2ccccc2C1Nc1c(C)nc(-c2ccc(OC)cc2C)n(CC)c1=O.CCO[C@H]1Cc2ccccc2C1Nc1c(C)nc(-c2ccc(OC)cc2Cl)n(CC)c1=O. The second-order valence-corrected chi connectivity index (χ2v) is 33.7. The molecule has 0 aliphatic heterocycles. The molecule has 8 atom stereocenters. The van der Waals surface area contributed by atoms with Gasteiger partial charge in [-0.1, -0.05) is 143 Å². The van der Waals surface area contributed by atoms with Gasteiger partial charge in [0, 0.05) is 125 Å². The Morgan fingerprint density at radius 3 is 0.898 bits per heavy atom. The van der Waals surface area contributed by atoms with Crippen LogP contribution in [0.25, 0.3) is 45.6 Å². The van der Waals surface area contributed by atoms with Gasteiger partial charge in [-0.15, -0.1) is 0 Å². The Bertz CT molecular complexity index is 6090. The average Bonchev–Trinajstić information content (AvgIpc) is 1.15.